The number of hydrogen-bond acceptors (Lipinski definition) is 2. The van der Waals surface area contributed by atoms with Crippen LogP contribution in [0.1, 0.15) is 11.1 Å². The fraction of sp³-hybridized carbons (Fsp3) is 0.400. The van der Waals surface area contributed by atoms with E-state index in [1.807, 2.05) is 14.1 Å². The summed E-state index contributed by atoms with van der Waals surface area (Å²) in [5.41, 5.74) is 2.66. The molecule has 0 radical (unpaired) electrons. The Balaban J connectivity index is 2.58. The van der Waals surface area contributed by atoms with Gasteiger partial charge in [-0.3, -0.25) is 0 Å². The van der Waals surface area contributed by atoms with Crippen molar-refractivity contribution < 1.29 is 0 Å². The molecular weight excluding hydrogens is 148 g/mol. The molecule has 1 aromatic rings. The van der Waals surface area contributed by atoms with E-state index in [-0.39, 0.29) is 0 Å². The molecule has 1 aromatic carbocycles. The Hall–Kier alpha value is -0.860. The third-order valence-corrected chi connectivity index (χ3v) is 1.78. The van der Waals surface area contributed by atoms with Gasteiger partial charge in [0, 0.05) is 13.1 Å². The van der Waals surface area contributed by atoms with Gasteiger partial charge in [-0.1, -0.05) is 24.3 Å². The Bertz CT molecular complexity index is 191. The number of rotatable bonds is 4. The molecule has 0 aromatic heterocycles. The quantitative estimate of drug-likeness (QED) is 0.697. The normalized spacial score (nSPS) is 10.2. The molecule has 2 heteroatoms. The summed E-state index contributed by atoms with van der Waals surface area (Å²) in [5, 5.41) is 6.24. The first-order valence-corrected chi connectivity index (χ1v) is 4.24. The number of benzene rings is 1. The smallest absolute Gasteiger partial charge is 0.0202 e. The zero-order chi connectivity index (χ0) is 8.81. The minimum absolute atomic E-state index is 0.944. The Morgan fingerprint density at radius 3 is 1.42 bits per heavy atom. The van der Waals surface area contributed by atoms with E-state index in [9.17, 15) is 0 Å². The lowest BCUT2D eigenvalue weighted by Crippen LogP contribution is -2.07. The summed E-state index contributed by atoms with van der Waals surface area (Å²) in [7, 11) is 3.92. The average Bonchev–Trinajstić information content (AvgIpc) is 2.09. The van der Waals surface area contributed by atoms with Crippen LogP contribution in [0.15, 0.2) is 24.3 Å². The molecule has 0 saturated heterocycles. The first kappa shape index (κ1) is 9.23. The number of nitrogens with one attached hydrogen (secondary N) is 2. The zero-order valence-corrected chi connectivity index (χ0v) is 7.72. The molecule has 2 N–H and O–H groups in total. The molecule has 0 bridgehead atoms. The Morgan fingerprint density at radius 2 is 1.17 bits per heavy atom. The van der Waals surface area contributed by atoms with Crippen molar-refractivity contribution >= 4 is 0 Å². The van der Waals surface area contributed by atoms with E-state index in [0.717, 1.165) is 13.1 Å². The first-order valence-electron chi connectivity index (χ1n) is 4.24. The summed E-state index contributed by atoms with van der Waals surface area (Å²) in [5.74, 6) is 0. The highest BCUT2D eigenvalue weighted by atomic mass is 14.8. The van der Waals surface area contributed by atoms with Crippen molar-refractivity contribution in [1.29, 1.82) is 0 Å². The molecule has 0 saturated carbocycles. The lowest BCUT2D eigenvalue weighted by molar-refractivity contribution is 0.804. The van der Waals surface area contributed by atoms with Gasteiger partial charge in [-0.15, -0.1) is 0 Å². The van der Waals surface area contributed by atoms with Crippen molar-refractivity contribution in [3.8, 4) is 0 Å². The van der Waals surface area contributed by atoms with Gasteiger partial charge in [-0.25, -0.2) is 0 Å². The molecular formula is C10H16N2. The van der Waals surface area contributed by atoms with Gasteiger partial charge in [0.05, 0.1) is 0 Å². The van der Waals surface area contributed by atoms with Crippen LogP contribution in [0.25, 0.3) is 0 Å². The molecule has 1 rings (SSSR count). The van der Waals surface area contributed by atoms with Gasteiger partial charge in [0.15, 0.2) is 0 Å². The molecule has 0 atom stereocenters. The maximum Gasteiger partial charge on any atom is 0.0202 e. The fourth-order valence-corrected chi connectivity index (χ4v) is 1.18. The maximum absolute atomic E-state index is 3.12. The van der Waals surface area contributed by atoms with Crippen LogP contribution in [-0.4, -0.2) is 14.1 Å². The van der Waals surface area contributed by atoms with Crippen molar-refractivity contribution in [3.05, 3.63) is 35.4 Å². The second kappa shape index (κ2) is 4.91. The lowest BCUT2D eigenvalue weighted by Gasteiger charge is -2.02. The zero-order valence-electron chi connectivity index (χ0n) is 7.72. The maximum atomic E-state index is 3.12. The molecule has 0 aliphatic rings. The van der Waals surface area contributed by atoms with Gasteiger partial charge < -0.3 is 10.6 Å². The monoisotopic (exact) mass is 164 g/mol. The molecule has 0 aliphatic heterocycles. The van der Waals surface area contributed by atoms with Crippen LogP contribution in [-0.2, 0) is 13.1 Å². The van der Waals surface area contributed by atoms with Crippen LogP contribution in [0.2, 0.25) is 0 Å². The largest absolute Gasteiger partial charge is 0.316 e. The van der Waals surface area contributed by atoms with Crippen LogP contribution in [0.5, 0.6) is 0 Å². The fourth-order valence-electron chi connectivity index (χ4n) is 1.18. The summed E-state index contributed by atoms with van der Waals surface area (Å²) in [6.45, 7) is 1.89. The van der Waals surface area contributed by atoms with Gasteiger partial charge in [0.2, 0.25) is 0 Å². The van der Waals surface area contributed by atoms with Gasteiger partial charge in [0.1, 0.15) is 0 Å². The molecule has 0 aliphatic carbocycles. The third kappa shape index (κ3) is 2.64. The summed E-state index contributed by atoms with van der Waals surface area (Å²) < 4.78 is 0. The highest BCUT2D eigenvalue weighted by Gasteiger charge is 1.91. The van der Waals surface area contributed by atoms with Crippen LogP contribution in [0, 0.1) is 0 Å². The molecule has 0 heterocycles. The molecule has 0 fully saturated rings. The van der Waals surface area contributed by atoms with E-state index >= 15 is 0 Å². The van der Waals surface area contributed by atoms with Gasteiger partial charge in [-0.05, 0) is 25.2 Å². The van der Waals surface area contributed by atoms with Gasteiger partial charge in [-0.2, -0.15) is 0 Å². The minimum atomic E-state index is 0.944. The van der Waals surface area contributed by atoms with E-state index in [1.54, 1.807) is 0 Å². The van der Waals surface area contributed by atoms with Gasteiger partial charge >= 0.3 is 0 Å². The average molecular weight is 164 g/mol. The highest BCUT2D eigenvalue weighted by molar-refractivity contribution is 5.22. The van der Waals surface area contributed by atoms with Crippen molar-refractivity contribution in [2.24, 2.45) is 0 Å². The third-order valence-electron chi connectivity index (χ3n) is 1.78. The molecule has 2 nitrogen and oxygen atoms in total. The first-order chi connectivity index (χ1) is 5.86. The molecule has 12 heavy (non-hydrogen) atoms. The SMILES string of the molecule is CNCc1ccc(CNC)cc1. The standard InChI is InChI=1S/C10H16N2/c1-11-7-9-3-5-10(6-4-9)8-12-2/h3-6,11-12H,7-8H2,1-2H3. The van der Waals surface area contributed by atoms with Crippen LogP contribution in [0.3, 0.4) is 0 Å². The number of hydrogen-bond donors (Lipinski definition) is 2. The van der Waals surface area contributed by atoms with E-state index in [1.165, 1.54) is 11.1 Å². The second-order valence-electron chi connectivity index (χ2n) is 2.88. The van der Waals surface area contributed by atoms with Crippen LogP contribution >= 0.6 is 0 Å². The molecule has 0 unspecified atom stereocenters. The Labute approximate surface area is 74.0 Å². The minimum Gasteiger partial charge on any atom is -0.316 e. The molecule has 0 amide bonds. The Morgan fingerprint density at radius 1 is 0.833 bits per heavy atom. The van der Waals surface area contributed by atoms with E-state index in [0.29, 0.717) is 0 Å². The predicted octanol–water partition coefficient (Wildman–Crippen LogP) is 1.13. The second-order valence-corrected chi connectivity index (χ2v) is 2.88. The Kier molecular flexibility index (Phi) is 3.77. The van der Waals surface area contributed by atoms with Gasteiger partial charge in [0.25, 0.3) is 0 Å². The van der Waals surface area contributed by atoms with Crippen molar-refractivity contribution in [2.75, 3.05) is 14.1 Å². The van der Waals surface area contributed by atoms with E-state index in [4.69, 9.17) is 0 Å². The van der Waals surface area contributed by atoms with E-state index in [2.05, 4.69) is 34.9 Å². The summed E-state index contributed by atoms with van der Waals surface area (Å²) in [4.78, 5) is 0. The summed E-state index contributed by atoms with van der Waals surface area (Å²) in [6.07, 6.45) is 0. The lowest BCUT2D eigenvalue weighted by atomic mass is 10.1. The van der Waals surface area contributed by atoms with Crippen LogP contribution < -0.4 is 10.6 Å². The van der Waals surface area contributed by atoms with E-state index < -0.39 is 0 Å². The van der Waals surface area contributed by atoms with Crippen molar-refractivity contribution in [3.63, 3.8) is 0 Å². The predicted molar refractivity (Wildman–Crippen MR) is 52.0 cm³/mol. The summed E-state index contributed by atoms with van der Waals surface area (Å²) in [6, 6.07) is 8.62. The van der Waals surface area contributed by atoms with Crippen LogP contribution in [0.4, 0.5) is 0 Å². The van der Waals surface area contributed by atoms with Crippen molar-refractivity contribution in [1.82, 2.24) is 10.6 Å². The highest BCUT2D eigenvalue weighted by Crippen LogP contribution is 2.03. The molecule has 0 spiro atoms. The van der Waals surface area contributed by atoms with Crippen molar-refractivity contribution in [2.45, 2.75) is 13.1 Å². The summed E-state index contributed by atoms with van der Waals surface area (Å²) >= 11 is 0. The molecule has 66 valence electrons. The topological polar surface area (TPSA) is 24.1 Å².